The number of piperidine rings is 2. The highest BCUT2D eigenvalue weighted by molar-refractivity contribution is 7.89. The molecule has 0 bridgehead atoms. The predicted octanol–water partition coefficient (Wildman–Crippen LogP) is 3.55. The fraction of sp³-hybridized carbons (Fsp3) is 0.440. The van der Waals surface area contributed by atoms with Gasteiger partial charge in [-0.2, -0.15) is 4.31 Å². The predicted molar refractivity (Wildman–Crippen MR) is 131 cm³/mol. The maximum absolute atomic E-state index is 13.5. The van der Waals surface area contributed by atoms with E-state index in [0.29, 0.717) is 49.6 Å². The van der Waals surface area contributed by atoms with E-state index in [1.165, 1.54) is 16.4 Å². The highest BCUT2D eigenvalue weighted by Gasteiger charge is 2.38. The number of likely N-dealkylation sites (tertiary alicyclic amines) is 1. The van der Waals surface area contributed by atoms with Crippen LogP contribution in [0.15, 0.2) is 59.5 Å². The Kier molecular flexibility index (Phi) is 7.91. The van der Waals surface area contributed by atoms with Crippen LogP contribution in [-0.4, -0.2) is 61.7 Å². The zero-order valence-electron chi connectivity index (χ0n) is 19.0. The van der Waals surface area contributed by atoms with Crippen LogP contribution >= 0.6 is 11.6 Å². The molecule has 0 spiro atoms. The first-order valence-corrected chi connectivity index (χ1v) is 13.6. The van der Waals surface area contributed by atoms with Crippen molar-refractivity contribution in [2.24, 2.45) is 5.92 Å². The molecule has 7 nitrogen and oxygen atoms in total. The van der Waals surface area contributed by atoms with Crippen LogP contribution < -0.4 is 5.32 Å². The Morgan fingerprint density at radius 2 is 1.50 bits per heavy atom. The van der Waals surface area contributed by atoms with Crippen molar-refractivity contribution < 1.29 is 18.0 Å². The lowest BCUT2D eigenvalue weighted by molar-refractivity contribution is -0.135. The summed E-state index contributed by atoms with van der Waals surface area (Å²) in [5.74, 6) is -0.492. The van der Waals surface area contributed by atoms with Crippen molar-refractivity contribution in [2.75, 3.05) is 26.2 Å². The number of benzene rings is 2. The van der Waals surface area contributed by atoms with Crippen LogP contribution in [0.4, 0.5) is 0 Å². The summed E-state index contributed by atoms with van der Waals surface area (Å²) in [5, 5.41) is 3.46. The molecule has 2 fully saturated rings. The number of hydrogen-bond acceptors (Lipinski definition) is 4. The third-order valence-electron chi connectivity index (χ3n) is 6.68. The Bertz CT molecular complexity index is 1090. The summed E-state index contributed by atoms with van der Waals surface area (Å²) in [5.41, 5.74) is 0.502. The van der Waals surface area contributed by atoms with E-state index < -0.39 is 16.1 Å². The molecule has 9 heteroatoms. The second kappa shape index (κ2) is 10.9. The smallest absolute Gasteiger partial charge is 0.251 e. The Balaban J connectivity index is 1.48. The van der Waals surface area contributed by atoms with Crippen LogP contribution in [0.3, 0.4) is 0 Å². The minimum Gasteiger partial charge on any atom is -0.341 e. The summed E-state index contributed by atoms with van der Waals surface area (Å²) >= 11 is 5.90. The number of nitrogens with one attached hydrogen (secondary N) is 1. The van der Waals surface area contributed by atoms with E-state index in [1.54, 1.807) is 36.4 Å². The van der Waals surface area contributed by atoms with Gasteiger partial charge in [0.05, 0.1) is 4.90 Å². The summed E-state index contributed by atoms with van der Waals surface area (Å²) in [6.07, 6.45) is 4.01. The highest BCUT2D eigenvalue weighted by atomic mass is 35.5. The molecule has 2 amide bonds. The average Bonchev–Trinajstić information content (AvgIpc) is 2.88. The van der Waals surface area contributed by atoms with Gasteiger partial charge in [-0.05, 0) is 74.4 Å². The zero-order valence-corrected chi connectivity index (χ0v) is 20.6. The SMILES string of the molecule is O=C(NC(C(=O)N1CCCCC1)C1CCN(S(=O)(=O)c2ccc(Cl)cc2)CC1)c1ccccc1. The molecule has 4 rings (SSSR count). The van der Waals surface area contributed by atoms with Crippen molar-refractivity contribution in [1.82, 2.24) is 14.5 Å². The van der Waals surface area contributed by atoms with Crippen molar-refractivity contribution in [1.29, 1.82) is 0 Å². The van der Waals surface area contributed by atoms with Crippen LogP contribution in [-0.2, 0) is 14.8 Å². The van der Waals surface area contributed by atoms with Gasteiger partial charge in [-0.15, -0.1) is 0 Å². The molecule has 2 aromatic carbocycles. The van der Waals surface area contributed by atoms with Crippen LogP contribution in [0.25, 0.3) is 0 Å². The maximum atomic E-state index is 13.5. The minimum absolute atomic E-state index is 0.0667. The minimum atomic E-state index is -3.64. The van der Waals surface area contributed by atoms with Crippen molar-refractivity contribution in [3.05, 3.63) is 65.2 Å². The molecule has 2 aromatic rings. The van der Waals surface area contributed by atoms with E-state index in [-0.39, 0.29) is 22.6 Å². The monoisotopic (exact) mass is 503 g/mol. The molecular weight excluding hydrogens is 474 g/mol. The largest absolute Gasteiger partial charge is 0.341 e. The van der Waals surface area contributed by atoms with Crippen LogP contribution in [0, 0.1) is 5.92 Å². The molecule has 2 aliphatic rings. The standard InChI is InChI=1S/C25H30ClN3O4S/c26-21-9-11-22(12-10-21)34(32,33)29-17-13-19(14-18-29)23(25(31)28-15-5-2-6-16-28)27-24(30)20-7-3-1-4-8-20/h1,3-4,7-12,19,23H,2,5-6,13-18H2,(H,27,30). The van der Waals surface area contributed by atoms with E-state index in [9.17, 15) is 18.0 Å². The normalized spacial score (nSPS) is 18.9. The Hall–Kier alpha value is -2.42. The van der Waals surface area contributed by atoms with Gasteiger partial charge in [0.1, 0.15) is 6.04 Å². The second-order valence-corrected chi connectivity index (χ2v) is 11.3. The van der Waals surface area contributed by atoms with Crippen LogP contribution in [0.5, 0.6) is 0 Å². The quantitative estimate of drug-likeness (QED) is 0.653. The van der Waals surface area contributed by atoms with Crippen molar-refractivity contribution in [3.63, 3.8) is 0 Å². The third-order valence-corrected chi connectivity index (χ3v) is 8.84. The number of rotatable bonds is 6. The molecule has 2 heterocycles. The topological polar surface area (TPSA) is 86.8 Å². The third kappa shape index (κ3) is 5.62. The molecule has 0 saturated carbocycles. The molecule has 34 heavy (non-hydrogen) atoms. The van der Waals surface area contributed by atoms with Gasteiger partial charge in [0.25, 0.3) is 5.91 Å². The van der Waals surface area contributed by atoms with Gasteiger partial charge < -0.3 is 10.2 Å². The zero-order chi connectivity index (χ0) is 24.1. The molecule has 1 atom stereocenters. The summed E-state index contributed by atoms with van der Waals surface area (Å²) in [6, 6.07) is 14.3. The number of amides is 2. The first-order chi connectivity index (χ1) is 16.4. The Labute approximate surface area is 206 Å². The van der Waals surface area contributed by atoms with E-state index in [0.717, 1.165) is 19.3 Å². The first-order valence-electron chi connectivity index (χ1n) is 11.8. The summed E-state index contributed by atoms with van der Waals surface area (Å²) in [6.45, 7) is 1.97. The number of nitrogens with zero attached hydrogens (tertiary/aromatic N) is 2. The van der Waals surface area contributed by atoms with E-state index >= 15 is 0 Å². The van der Waals surface area contributed by atoms with Gasteiger partial charge in [0, 0.05) is 36.8 Å². The number of carbonyl (C=O) groups excluding carboxylic acids is 2. The van der Waals surface area contributed by atoms with E-state index in [4.69, 9.17) is 11.6 Å². The first kappa shape index (κ1) is 24.7. The lowest BCUT2D eigenvalue weighted by Gasteiger charge is -2.38. The highest BCUT2D eigenvalue weighted by Crippen LogP contribution is 2.28. The van der Waals surface area contributed by atoms with Crippen molar-refractivity contribution >= 4 is 33.4 Å². The molecule has 1 N–H and O–H groups in total. The van der Waals surface area contributed by atoms with E-state index in [2.05, 4.69) is 5.32 Å². The van der Waals surface area contributed by atoms with Gasteiger partial charge in [0.2, 0.25) is 15.9 Å². The fourth-order valence-corrected chi connectivity index (χ4v) is 6.31. The summed E-state index contributed by atoms with van der Waals surface area (Å²) in [4.78, 5) is 28.4. The summed E-state index contributed by atoms with van der Waals surface area (Å²) in [7, 11) is -3.64. The van der Waals surface area contributed by atoms with Gasteiger partial charge in [-0.25, -0.2) is 8.42 Å². The fourth-order valence-electron chi connectivity index (χ4n) is 4.71. The second-order valence-electron chi connectivity index (χ2n) is 8.90. The molecule has 182 valence electrons. The molecular formula is C25H30ClN3O4S. The average molecular weight is 504 g/mol. The van der Waals surface area contributed by atoms with Gasteiger partial charge in [-0.3, -0.25) is 9.59 Å². The molecule has 0 radical (unpaired) electrons. The molecule has 1 unspecified atom stereocenters. The number of halogens is 1. The van der Waals surface area contributed by atoms with Crippen molar-refractivity contribution in [2.45, 2.75) is 43.0 Å². The molecule has 2 saturated heterocycles. The Morgan fingerprint density at radius 1 is 0.882 bits per heavy atom. The van der Waals surface area contributed by atoms with Gasteiger partial charge in [-0.1, -0.05) is 29.8 Å². The van der Waals surface area contributed by atoms with Crippen LogP contribution in [0.2, 0.25) is 5.02 Å². The number of sulfonamides is 1. The number of carbonyl (C=O) groups is 2. The van der Waals surface area contributed by atoms with Gasteiger partial charge >= 0.3 is 0 Å². The lowest BCUT2D eigenvalue weighted by atomic mass is 9.88. The van der Waals surface area contributed by atoms with Crippen LogP contribution in [0.1, 0.15) is 42.5 Å². The van der Waals surface area contributed by atoms with E-state index in [1.807, 2.05) is 11.0 Å². The maximum Gasteiger partial charge on any atom is 0.251 e. The summed E-state index contributed by atoms with van der Waals surface area (Å²) < 4.78 is 27.6. The van der Waals surface area contributed by atoms with Crippen molar-refractivity contribution in [3.8, 4) is 0 Å². The molecule has 0 aliphatic carbocycles. The molecule has 0 aromatic heterocycles. The van der Waals surface area contributed by atoms with Gasteiger partial charge in [0.15, 0.2) is 0 Å². The lowest BCUT2D eigenvalue weighted by Crippen LogP contribution is -2.55. The number of hydrogen-bond donors (Lipinski definition) is 1. The molecule has 2 aliphatic heterocycles. The Morgan fingerprint density at radius 3 is 2.12 bits per heavy atom.